The van der Waals surface area contributed by atoms with Gasteiger partial charge in [-0.25, -0.2) is 19.6 Å². The van der Waals surface area contributed by atoms with Crippen molar-refractivity contribution in [1.82, 2.24) is 25.1 Å². The lowest BCUT2D eigenvalue weighted by molar-refractivity contribution is -0.118. The number of fused-ring (bicyclic) bond motifs is 4. The number of carbonyl (C=O) groups is 4. The summed E-state index contributed by atoms with van der Waals surface area (Å²) in [6.07, 6.45) is 2.13. The summed E-state index contributed by atoms with van der Waals surface area (Å²) >= 11 is 0. The van der Waals surface area contributed by atoms with E-state index in [4.69, 9.17) is 33.4 Å². The Balaban J connectivity index is 0.912. The monoisotopic (exact) mass is 966 g/mol. The van der Waals surface area contributed by atoms with Crippen molar-refractivity contribution >= 4 is 40.6 Å². The van der Waals surface area contributed by atoms with Crippen LogP contribution in [0.3, 0.4) is 0 Å². The van der Waals surface area contributed by atoms with Gasteiger partial charge in [0.1, 0.15) is 11.4 Å². The molecule has 1 N–H and O–H groups in total. The van der Waals surface area contributed by atoms with Gasteiger partial charge in [-0.1, -0.05) is 66.7 Å². The van der Waals surface area contributed by atoms with Gasteiger partial charge in [0.05, 0.1) is 96.7 Å². The molecule has 2 amide bonds. The number of nitrogens with one attached hydrogen (secondary N) is 1. The van der Waals surface area contributed by atoms with Gasteiger partial charge in [0.25, 0.3) is 5.91 Å². The minimum absolute atomic E-state index is 0.0689. The average molecular weight is 967 g/mol. The van der Waals surface area contributed by atoms with Crippen molar-refractivity contribution in [1.29, 1.82) is 0 Å². The van der Waals surface area contributed by atoms with Crippen LogP contribution in [-0.2, 0) is 46.3 Å². The number of pyridine rings is 2. The number of rotatable bonds is 11. The number of esters is 2. The summed E-state index contributed by atoms with van der Waals surface area (Å²) in [5, 5.41) is 2.98. The highest BCUT2D eigenvalue weighted by molar-refractivity contribution is 6.05. The Morgan fingerprint density at radius 3 is 1.85 bits per heavy atom. The van der Waals surface area contributed by atoms with Crippen LogP contribution in [0.2, 0.25) is 0 Å². The molecule has 8 rings (SSSR count). The van der Waals surface area contributed by atoms with Crippen molar-refractivity contribution in [3.8, 4) is 0 Å². The fourth-order valence-corrected chi connectivity index (χ4v) is 9.14. The number of hydrogen-bond acceptors (Lipinski definition) is 14. The van der Waals surface area contributed by atoms with Crippen LogP contribution in [0.25, 0.3) is 11.1 Å². The summed E-state index contributed by atoms with van der Waals surface area (Å²) < 4.78 is 34.0. The van der Waals surface area contributed by atoms with Crippen LogP contribution in [0.4, 0.5) is 5.69 Å². The minimum atomic E-state index is -0.555. The summed E-state index contributed by atoms with van der Waals surface area (Å²) in [6, 6.07) is 33.8. The number of carbonyl (C=O) groups excluding carboxylic acids is 4. The Hall–Kier alpha value is -6.66. The van der Waals surface area contributed by atoms with Gasteiger partial charge in [-0.05, 0) is 83.1 Å². The fraction of sp³-hybridized carbons (Fsp3) is 0.382. The second kappa shape index (κ2) is 25.5. The van der Waals surface area contributed by atoms with Crippen LogP contribution in [0, 0.1) is 0 Å². The molecule has 1 unspecified atom stereocenters. The molecule has 1 aliphatic carbocycles. The van der Waals surface area contributed by atoms with E-state index in [1.165, 1.54) is 30.9 Å². The topological polar surface area (TPSA) is 171 Å². The van der Waals surface area contributed by atoms with Crippen LogP contribution in [0.15, 0.2) is 109 Å². The Bertz CT molecular complexity index is 2640. The molecule has 0 spiro atoms. The van der Waals surface area contributed by atoms with Crippen molar-refractivity contribution in [2.75, 3.05) is 105 Å². The molecule has 1 saturated heterocycles. The summed E-state index contributed by atoms with van der Waals surface area (Å²) in [4.78, 5) is 67.9. The van der Waals surface area contributed by atoms with E-state index >= 15 is 0 Å². The number of para-hydroxylation sites is 1. The molecule has 0 saturated carbocycles. The number of allylic oxidation sites excluding steroid dienone is 2. The molecule has 3 aromatic carbocycles. The van der Waals surface area contributed by atoms with Crippen molar-refractivity contribution < 1.29 is 47.6 Å². The quantitative estimate of drug-likeness (QED) is 0.144. The third kappa shape index (κ3) is 13.2. The SMILES string of the molecule is COC(=O)c1cccc(CN2CCOCCOCCN(C(c3ccc(C(=O)NCCC(=O)N4Cc5ccccc5C5=C(CC5)c5ccccc54)cc3)c3cccc(C(=O)OC)n3)CCOCCOCC2)n1. The van der Waals surface area contributed by atoms with Crippen LogP contribution < -0.4 is 10.2 Å². The second-order valence-corrected chi connectivity index (χ2v) is 17.3. The third-order valence-electron chi connectivity index (χ3n) is 12.9. The van der Waals surface area contributed by atoms with Gasteiger partial charge < -0.3 is 38.6 Å². The minimum Gasteiger partial charge on any atom is -0.464 e. The van der Waals surface area contributed by atoms with E-state index in [2.05, 4.69) is 44.4 Å². The molecular formula is C55H62N6O10. The molecule has 1 fully saturated rings. The molecule has 16 heteroatoms. The van der Waals surface area contributed by atoms with Gasteiger partial charge in [-0.15, -0.1) is 0 Å². The van der Waals surface area contributed by atoms with Gasteiger partial charge in [-0.3, -0.25) is 19.4 Å². The number of amides is 2. The zero-order chi connectivity index (χ0) is 49.4. The highest BCUT2D eigenvalue weighted by Gasteiger charge is 2.31. The lowest BCUT2D eigenvalue weighted by atomic mass is 9.77. The first-order valence-corrected chi connectivity index (χ1v) is 24.3. The molecule has 2 aliphatic heterocycles. The lowest BCUT2D eigenvalue weighted by Crippen LogP contribution is -2.37. The standard InChI is InChI=1S/C55H62N6O10/c1-66-54(64)48-14-7-10-42(57-48)38-59-25-29-68-33-35-70-31-27-60(28-32-71-36-34-69-30-26-59)52(47-13-8-15-49(58-47)55(65)67-2)39-17-19-40(20-18-39)53(63)56-24-23-51(62)61-37-41-9-3-4-11-43(41)44-21-22-45(44)46-12-5-6-16-50(46)61/h3-20,52H,21-38H2,1-2H3,(H,56,63). The van der Waals surface area contributed by atoms with Crippen LogP contribution >= 0.6 is 0 Å². The molecule has 3 aliphatic rings. The largest absolute Gasteiger partial charge is 0.464 e. The molecule has 4 heterocycles. The summed E-state index contributed by atoms with van der Waals surface area (Å²) in [7, 11) is 2.66. The van der Waals surface area contributed by atoms with Gasteiger partial charge in [-0.2, -0.15) is 0 Å². The van der Waals surface area contributed by atoms with Gasteiger partial charge in [0.15, 0.2) is 0 Å². The molecule has 16 nitrogen and oxygen atoms in total. The van der Waals surface area contributed by atoms with E-state index in [0.717, 1.165) is 40.9 Å². The molecule has 5 aromatic rings. The molecule has 372 valence electrons. The number of ether oxygens (including phenoxy) is 6. The zero-order valence-corrected chi connectivity index (χ0v) is 40.5. The highest BCUT2D eigenvalue weighted by Crippen LogP contribution is 2.48. The lowest BCUT2D eigenvalue weighted by Gasteiger charge is -2.35. The van der Waals surface area contributed by atoms with Crippen molar-refractivity contribution in [2.45, 2.75) is 38.4 Å². The van der Waals surface area contributed by atoms with Crippen molar-refractivity contribution in [3.63, 3.8) is 0 Å². The Morgan fingerprint density at radius 1 is 0.620 bits per heavy atom. The maximum atomic E-state index is 14.0. The predicted molar refractivity (Wildman–Crippen MR) is 267 cm³/mol. The maximum absolute atomic E-state index is 14.0. The Labute approximate surface area is 414 Å². The van der Waals surface area contributed by atoms with E-state index < -0.39 is 18.0 Å². The number of methoxy groups -OCH3 is 2. The highest BCUT2D eigenvalue weighted by atomic mass is 16.5. The summed E-state index contributed by atoms with van der Waals surface area (Å²) in [5.74, 6) is -1.41. The number of aromatic nitrogens is 2. The third-order valence-corrected chi connectivity index (χ3v) is 12.9. The van der Waals surface area contributed by atoms with Crippen LogP contribution in [-0.4, -0.2) is 143 Å². The number of nitrogens with zero attached hydrogens (tertiary/aromatic N) is 5. The molecule has 0 radical (unpaired) electrons. The van der Waals surface area contributed by atoms with Crippen molar-refractivity contribution in [2.24, 2.45) is 0 Å². The van der Waals surface area contributed by atoms with E-state index in [-0.39, 0.29) is 36.2 Å². The molecule has 2 aromatic heterocycles. The average Bonchev–Trinajstić information content (AvgIpc) is 3.38. The summed E-state index contributed by atoms with van der Waals surface area (Å²) in [6.45, 7) is 6.41. The molecule has 1 atom stereocenters. The van der Waals surface area contributed by atoms with E-state index in [0.29, 0.717) is 103 Å². The maximum Gasteiger partial charge on any atom is 0.356 e. The first-order valence-electron chi connectivity index (χ1n) is 24.3. The summed E-state index contributed by atoms with van der Waals surface area (Å²) in [5.41, 5.74) is 9.99. The van der Waals surface area contributed by atoms with Crippen molar-refractivity contribution in [3.05, 3.63) is 160 Å². The van der Waals surface area contributed by atoms with Gasteiger partial charge in [0, 0.05) is 56.8 Å². The normalized spacial score (nSPS) is 17.1. The molecular weight excluding hydrogens is 905 g/mol. The number of benzene rings is 3. The number of hydrogen-bond donors (Lipinski definition) is 1. The zero-order valence-electron chi connectivity index (χ0n) is 40.5. The van der Waals surface area contributed by atoms with E-state index in [9.17, 15) is 19.2 Å². The Morgan fingerprint density at radius 2 is 1.20 bits per heavy atom. The first-order chi connectivity index (χ1) is 34.8. The van der Waals surface area contributed by atoms with Crippen LogP contribution in [0.5, 0.6) is 0 Å². The molecule has 71 heavy (non-hydrogen) atoms. The smallest absolute Gasteiger partial charge is 0.356 e. The predicted octanol–water partition coefficient (Wildman–Crippen LogP) is 6.39. The van der Waals surface area contributed by atoms with Gasteiger partial charge in [0.2, 0.25) is 5.91 Å². The fourth-order valence-electron chi connectivity index (χ4n) is 9.14. The second-order valence-electron chi connectivity index (χ2n) is 17.3. The van der Waals surface area contributed by atoms with E-state index in [1.54, 1.807) is 36.4 Å². The molecule has 0 bridgehead atoms. The first kappa shape index (κ1) is 50.7. The van der Waals surface area contributed by atoms with Gasteiger partial charge >= 0.3 is 11.9 Å². The van der Waals surface area contributed by atoms with Crippen LogP contribution in [0.1, 0.15) is 90.3 Å². The number of anilines is 1. The Kier molecular flexibility index (Phi) is 18.2. The van der Waals surface area contributed by atoms with E-state index in [1.807, 2.05) is 53.4 Å².